The van der Waals surface area contributed by atoms with E-state index in [2.05, 4.69) is 0 Å². The highest BCUT2D eigenvalue weighted by Gasteiger charge is 2.31. The molecule has 0 heterocycles. The van der Waals surface area contributed by atoms with Crippen LogP contribution in [0.1, 0.15) is 31.1 Å². The van der Waals surface area contributed by atoms with E-state index in [0.717, 1.165) is 4.90 Å². The van der Waals surface area contributed by atoms with Crippen molar-refractivity contribution < 1.29 is 18.3 Å². The first-order chi connectivity index (χ1) is 8.78. The van der Waals surface area contributed by atoms with Crippen LogP contribution < -0.4 is 4.90 Å². The van der Waals surface area contributed by atoms with Crippen LogP contribution in [0.25, 0.3) is 0 Å². The van der Waals surface area contributed by atoms with Gasteiger partial charge in [0.1, 0.15) is 6.54 Å². The summed E-state index contributed by atoms with van der Waals surface area (Å²) >= 11 is 0. The summed E-state index contributed by atoms with van der Waals surface area (Å²) in [7, 11) is 0. The zero-order chi connectivity index (χ0) is 14.6. The molecule has 0 bridgehead atoms. The molecule has 104 valence electrons. The van der Waals surface area contributed by atoms with E-state index in [1.54, 1.807) is 6.92 Å². The van der Waals surface area contributed by atoms with E-state index in [1.165, 1.54) is 25.1 Å². The molecule has 1 rings (SSSR count). The summed E-state index contributed by atoms with van der Waals surface area (Å²) in [5, 5.41) is 18.4. The minimum atomic E-state index is -4.34. The molecule has 0 saturated heterocycles. The number of anilines is 1. The molecule has 0 aliphatic heterocycles. The smallest absolute Gasteiger partial charge is 0.389 e. The molecular weight excluding hydrogens is 257 g/mol. The van der Waals surface area contributed by atoms with Crippen molar-refractivity contribution in [2.24, 2.45) is 0 Å². The average molecular weight is 272 g/mol. The zero-order valence-electron chi connectivity index (χ0n) is 10.7. The van der Waals surface area contributed by atoms with Gasteiger partial charge in [-0.1, -0.05) is 6.07 Å². The van der Waals surface area contributed by atoms with Gasteiger partial charge in [0, 0.05) is 17.8 Å². The molecule has 0 fully saturated rings. The third-order valence-corrected chi connectivity index (χ3v) is 2.70. The molecule has 0 aliphatic rings. The molecule has 1 aromatic rings. The van der Waals surface area contributed by atoms with Gasteiger partial charge in [0.25, 0.3) is 0 Å². The summed E-state index contributed by atoms with van der Waals surface area (Å²) in [4.78, 5) is 1.10. The minimum Gasteiger partial charge on any atom is -0.389 e. The van der Waals surface area contributed by atoms with E-state index < -0.39 is 18.8 Å². The van der Waals surface area contributed by atoms with E-state index in [9.17, 15) is 18.3 Å². The largest absolute Gasteiger partial charge is 0.405 e. The highest BCUT2D eigenvalue weighted by atomic mass is 19.4. The van der Waals surface area contributed by atoms with Crippen LogP contribution in [-0.2, 0) is 0 Å². The van der Waals surface area contributed by atoms with Gasteiger partial charge in [0.15, 0.2) is 0 Å². The molecule has 1 atom stereocenters. The molecule has 0 unspecified atom stereocenters. The van der Waals surface area contributed by atoms with Crippen LogP contribution in [0.2, 0.25) is 0 Å². The van der Waals surface area contributed by atoms with Crippen LogP contribution in [-0.4, -0.2) is 24.4 Å². The third kappa shape index (κ3) is 4.14. The first-order valence-corrected chi connectivity index (χ1v) is 5.82. The Morgan fingerprint density at radius 1 is 1.42 bits per heavy atom. The zero-order valence-corrected chi connectivity index (χ0v) is 10.7. The number of halogens is 3. The molecule has 0 aliphatic carbocycles. The molecule has 0 spiro atoms. The van der Waals surface area contributed by atoms with Gasteiger partial charge in [-0.15, -0.1) is 0 Å². The van der Waals surface area contributed by atoms with Crippen molar-refractivity contribution in [2.45, 2.75) is 26.1 Å². The molecule has 6 heteroatoms. The molecule has 3 nitrogen and oxygen atoms in total. The van der Waals surface area contributed by atoms with Gasteiger partial charge in [0.05, 0.1) is 17.7 Å². The van der Waals surface area contributed by atoms with Crippen molar-refractivity contribution in [3.8, 4) is 6.07 Å². The molecule has 0 radical (unpaired) electrons. The standard InChI is InChI=1S/C13H15F3N2O/c1-3-18(8-13(14,15)16)12-6-10(7-17)4-5-11(12)9(2)19/h4-6,9,19H,3,8H2,1-2H3/t9-/m0/s1. The fourth-order valence-electron chi connectivity index (χ4n) is 1.82. The lowest BCUT2D eigenvalue weighted by molar-refractivity contribution is -0.119. The SMILES string of the molecule is CCN(CC(F)(F)F)c1cc(C#N)ccc1[C@H](C)O. The highest BCUT2D eigenvalue weighted by Crippen LogP contribution is 2.30. The summed E-state index contributed by atoms with van der Waals surface area (Å²) in [6, 6.07) is 6.22. The van der Waals surface area contributed by atoms with Gasteiger partial charge >= 0.3 is 6.18 Å². The normalized spacial score (nSPS) is 12.9. The van der Waals surface area contributed by atoms with Crippen LogP contribution in [0, 0.1) is 11.3 Å². The maximum atomic E-state index is 12.5. The molecule has 19 heavy (non-hydrogen) atoms. The lowest BCUT2D eigenvalue weighted by atomic mass is 10.0. The number of nitriles is 1. The highest BCUT2D eigenvalue weighted by molar-refractivity contribution is 5.58. The van der Waals surface area contributed by atoms with Crippen molar-refractivity contribution in [1.29, 1.82) is 5.26 Å². The first kappa shape index (κ1) is 15.3. The fraction of sp³-hybridized carbons (Fsp3) is 0.462. The second kappa shape index (κ2) is 5.93. The lowest BCUT2D eigenvalue weighted by Crippen LogP contribution is -2.34. The monoisotopic (exact) mass is 272 g/mol. The number of hydrogen-bond donors (Lipinski definition) is 1. The molecule has 1 N–H and O–H groups in total. The summed E-state index contributed by atoms with van der Waals surface area (Å²) in [5.41, 5.74) is 0.888. The maximum absolute atomic E-state index is 12.5. The Hall–Kier alpha value is -1.74. The molecular formula is C13H15F3N2O. The fourth-order valence-corrected chi connectivity index (χ4v) is 1.82. The van der Waals surface area contributed by atoms with Gasteiger partial charge in [0.2, 0.25) is 0 Å². The number of rotatable bonds is 4. The second-order valence-corrected chi connectivity index (χ2v) is 4.19. The predicted molar refractivity (Wildman–Crippen MR) is 65.7 cm³/mol. The van der Waals surface area contributed by atoms with E-state index in [4.69, 9.17) is 5.26 Å². The van der Waals surface area contributed by atoms with Crippen molar-refractivity contribution in [2.75, 3.05) is 18.0 Å². The Balaban J connectivity index is 3.24. The van der Waals surface area contributed by atoms with Crippen LogP contribution in [0.4, 0.5) is 18.9 Å². The summed E-state index contributed by atoms with van der Waals surface area (Å²) in [5.74, 6) is 0. The Kier molecular flexibility index (Phi) is 4.78. The van der Waals surface area contributed by atoms with Crippen molar-refractivity contribution in [3.63, 3.8) is 0 Å². The maximum Gasteiger partial charge on any atom is 0.405 e. The quantitative estimate of drug-likeness (QED) is 0.916. The van der Waals surface area contributed by atoms with Crippen molar-refractivity contribution in [1.82, 2.24) is 0 Å². The second-order valence-electron chi connectivity index (χ2n) is 4.19. The summed E-state index contributed by atoms with van der Waals surface area (Å²) in [6.07, 6.45) is -5.24. The van der Waals surface area contributed by atoms with Crippen molar-refractivity contribution in [3.05, 3.63) is 29.3 Å². The Bertz CT molecular complexity index is 478. The average Bonchev–Trinajstić information content (AvgIpc) is 2.33. The van der Waals surface area contributed by atoms with Crippen LogP contribution >= 0.6 is 0 Å². The van der Waals surface area contributed by atoms with Crippen LogP contribution in [0.5, 0.6) is 0 Å². The number of aliphatic hydroxyl groups is 1. The minimum absolute atomic E-state index is 0.133. The van der Waals surface area contributed by atoms with E-state index in [1.807, 2.05) is 6.07 Å². The predicted octanol–water partition coefficient (Wildman–Crippen LogP) is 3.00. The summed E-state index contributed by atoms with van der Waals surface area (Å²) in [6.45, 7) is 2.09. The van der Waals surface area contributed by atoms with Crippen molar-refractivity contribution >= 4 is 5.69 Å². The van der Waals surface area contributed by atoms with Gasteiger partial charge < -0.3 is 10.0 Å². The summed E-state index contributed by atoms with van der Waals surface area (Å²) < 4.78 is 37.6. The lowest BCUT2D eigenvalue weighted by Gasteiger charge is -2.27. The molecule has 1 aromatic carbocycles. The van der Waals surface area contributed by atoms with Gasteiger partial charge in [-0.25, -0.2) is 0 Å². The molecule has 0 amide bonds. The Labute approximate surface area is 109 Å². The van der Waals surface area contributed by atoms with Crippen LogP contribution in [0.3, 0.4) is 0 Å². The number of nitrogens with zero attached hydrogens (tertiary/aromatic N) is 2. The van der Waals surface area contributed by atoms with Gasteiger partial charge in [-0.3, -0.25) is 0 Å². The van der Waals surface area contributed by atoms with E-state index >= 15 is 0 Å². The van der Waals surface area contributed by atoms with E-state index in [-0.39, 0.29) is 17.8 Å². The van der Waals surface area contributed by atoms with E-state index in [0.29, 0.717) is 5.56 Å². The first-order valence-electron chi connectivity index (χ1n) is 5.82. The number of alkyl halides is 3. The number of benzene rings is 1. The number of hydrogen-bond acceptors (Lipinski definition) is 3. The number of aliphatic hydroxyl groups excluding tert-OH is 1. The molecule has 0 aromatic heterocycles. The third-order valence-electron chi connectivity index (χ3n) is 2.70. The Morgan fingerprint density at radius 3 is 2.47 bits per heavy atom. The Morgan fingerprint density at radius 2 is 2.05 bits per heavy atom. The molecule has 0 saturated carbocycles. The van der Waals surface area contributed by atoms with Gasteiger partial charge in [-0.2, -0.15) is 18.4 Å². The van der Waals surface area contributed by atoms with Crippen LogP contribution in [0.15, 0.2) is 18.2 Å². The topological polar surface area (TPSA) is 47.3 Å². The van der Waals surface area contributed by atoms with Gasteiger partial charge in [-0.05, 0) is 26.0 Å².